The van der Waals surface area contributed by atoms with Gasteiger partial charge in [-0.1, -0.05) is 0 Å². The summed E-state index contributed by atoms with van der Waals surface area (Å²) in [6.45, 7) is 6.68. The summed E-state index contributed by atoms with van der Waals surface area (Å²) < 4.78 is 9.86. The van der Waals surface area contributed by atoms with E-state index in [9.17, 15) is 9.59 Å². The molecule has 2 unspecified atom stereocenters. The second kappa shape index (κ2) is 6.90. The van der Waals surface area contributed by atoms with E-state index in [-0.39, 0.29) is 9.39 Å². The van der Waals surface area contributed by atoms with Crippen LogP contribution in [-0.2, 0) is 19.1 Å². The van der Waals surface area contributed by atoms with Gasteiger partial charge in [-0.25, -0.2) is 0 Å². The quantitative estimate of drug-likeness (QED) is 0.402. The summed E-state index contributed by atoms with van der Waals surface area (Å²) in [5, 5.41) is 0. The number of carbonyl (C=O) groups is 2. The van der Waals surface area contributed by atoms with Crippen LogP contribution in [0, 0.1) is 5.92 Å². The van der Waals surface area contributed by atoms with E-state index in [1.54, 1.807) is 0 Å². The monoisotopic (exact) mass is 384 g/mol. The second-order valence-electron chi connectivity index (χ2n) is 5.74. The Morgan fingerprint density at radius 2 is 2.16 bits per heavy atom. The third-order valence-corrected chi connectivity index (χ3v) is 9.33. The average molecular weight is 384 g/mol. The Labute approximate surface area is 123 Å². The summed E-state index contributed by atoms with van der Waals surface area (Å²) >= 11 is -1.40. The van der Waals surface area contributed by atoms with Crippen molar-refractivity contribution in [1.29, 1.82) is 0 Å². The fourth-order valence-corrected chi connectivity index (χ4v) is 4.24. The Kier molecular flexibility index (Phi) is 6.08. The molecule has 0 aromatic carbocycles. The standard InChI is InChI=1S/C14H25IO4/c1-10(2)6-8-14(3,15(4)5)13(17)19-11-7-9-18-12(11)16/h10-11H,6-9H2,1-5H3. The summed E-state index contributed by atoms with van der Waals surface area (Å²) in [6, 6.07) is 0. The van der Waals surface area contributed by atoms with Crippen molar-refractivity contribution in [3.8, 4) is 0 Å². The van der Waals surface area contributed by atoms with Crippen molar-refractivity contribution in [2.24, 2.45) is 5.92 Å². The number of cyclic esters (lactones) is 1. The summed E-state index contributed by atoms with van der Waals surface area (Å²) in [5.74, 6) is -0.0290. The zero-order chi connectivity index (χ0) is 14.6. The number of alkyl halides is 3. The van der Waals surface area contributed by atoms with Crippen LogP contribution in [0.15, 0.2) is 0 Å². The molecule has 0 amide bonds. The van der Waals surface area contributed by atoms with Gasteiger partial charge in [-0.2, -0.15) is 0 Å². The van der Waals surface area contributed by atoms with Crippen molar-refractivity contribution in [3.05, 3.63) is 0 Å². The van der Waals surface area contributed by atoms with Gasteiger partial charge in [0.05, 0.1) is 0 Å². The van der Waals surface area contributed by atoms with E-state index < -0.39 is 31.9 Å². The maximum atomic E-state index is 12.4. The fraction of sp³-hybridized carbons (Fsp3) is 0.857. The van der Waals surface area contributed by atoms with Gasteiger partial charge in [-0.05, 0) is 0 Å². The molecular weight excluding hydrogens is 359 g/mol. The van der Waals surface area contributed by atoms with Crippen molar-refractivity contribution in [3.63, 3.8) is 0 Å². The summed E-state index contributed by atoms with van der Waals surface area (Å²) in [5.41, 5.74) is 0. The molecule has 112 valence electrons. The molecule has 0 aliphatic carbocycles. The van der Waals surface area contributed by atoms with Crippen molar-refractivity contribution < 1.29 is 19.1 Å². The molecule has 0 bridgehead atoms. The Bertz CT molecular complexity index is 340. The molecule has 0 spiro atoms. The second-order valence-corrected chi connectivity index (χ2v) is 12.4. The first-order chi connectivity index (χ1) is 8.77. The topological polar surface area (TPSA) is 52.6 Å². The molecule has 5 heteroatoms. The molecule has 19 heavy (non-hydrogen) atoms. The van der Waals surface area contributed by atoms with E-state index in [1.807, 2.05) is 6.92 Å². The summed E-state index contributed by atoms with van der Waals surface area (Å²) in [4.78, 5) is 28.2. The minimum absolute atomic E-state index is 0.202. The van der Waals surface area contributed by atoms with E-state index in [1.165, 1.54) is 0 Å². The first kappa shape index (κ1) is 16.7. The van der Waals surface area contributed by atoms with Crippen molar-refractivity contribution in [2.75, 3.05) is 16.5 Å². The van der Waals surface area contributed by atoms with Gasteiger partial charge >= 0.3 is 123 Å². The van der Waals surface area contributed by atoms with Crippen molar-refractivity contribution >= 4 is 31.8 Å². The van der Waals surface area contributed by atoms with Crippen molar-refractivity contribution in [2.45, 2.75) is 49.6 Å². The van der Waals surface area contributed by atoms with Crippen LogP contribution in [0.2, 0.25) is 0 Å². The molecule has 0 N–H and O–H groups in total. The zero-order valence-electron chi connectivity index (χ0n) is 12.5. The minimum atomic E-state index is -1.40. The number of ether oxygens (including phenoxy) is 2. The van der Waals surface area contributed by atoms with E-state index in [4.69, 9.17) is 9.47 Å². The van der Waals surface area contributed by atoms with Gasteiger partial charge in [0.1, 0.15) is 0 Å². The zero-order valence-corrected chi connectivity index (χ0v) is 14.7. The molecule has 0 aromatic heterocycles. The number of halogens is 1. The van der Waals surface area contributed by atoms with Crippen LogP contribution < -0.4 is 0 Å². The van der Waals surface area contributed by atoms with Gasteiger partial charge in [0.25, 0.3) is 0 Å². The third-order valence-electron chi connectivity index (χ3n) is 3.59. The van der Waals surface area contributed by atoms with Gasteiger partial charge in [-0.15, -0.1) is 0 Å². The molecule has 1 saturated heterocycles. The van der Waals surface area contributed by atoms with Gasteiger partial charge in [0.2, 0.25) is 0 Å². The normalized spacial score (nSPS) is 22.9. The van der Waals surface area contributed by atoms with Crippen LogP contribution in [0.4, 0.5) is 0 Å². The predicted molar refractivity (Wildman–Crippen MR) is 83.8 cm³/mol. The Balaban J connectivity index is 2.69. The van der Waals surface area contributed by atoms with Crippen LogP contribution in [0.25, 0.3) is 0 Å². The Hall–Kier alpha value is -0.330. The molecular formula is C14H25IO4. The van der Waals surface area contributed by atoms with Crippen molar-refractivity contribution in [1.82, 2.24) is 0 Å². The molecule has 2 atom stereocenters. The first-order valence-corrected chi connectivity index (χ1v) is 12.0. The maximum absolute atomic E-state index is 12.4. The van der Waals surface area contributed by atoms with Crippen LogP contribution >= 0.6 is 19.8 Å². The molecule has 1 fully saturated rings. The van der Waals surface area contributed by atoms with Crippen LogP contribution in [-0.4, -0.2) is 37.9 Å². The molecule has 1 aliphatic heterocycles. The number of hydrogen-bond donors (Lipinski definition) is 0. The average Bonchev–Trinajstić information content (AvgIpc) is 2.71. The van der Waals surface area contributed by atoms with E-state index in [0.29, 0.717) is 18.9 Å². The van der Waals surface area contributed by atoms with Gasteiger partial charge in [0, 0.05) is 0 Å². The fourth-order valence-electron chi connectivity index (χ4n) is 1.84. The molecule has 1 rings (SSSR count). The number of carbonyl (C=O) groups excluding carboxylic acids is 2. The summed E-state index contributed by atoms with van der Waals surface area (Å²) in [7, 11) is 0. The van der Waals surface area contributed by atoms with Gasteiger partial charge < -0.3 is 0 Å². The Morgan fingerprint density at radius 1 is 1.53 bits per heavy atom. The first-order valence-electron chi connectivity index (χ1n) is 6.65. The predicted octanol–water partition coefficient (Wildman–Crippen LogP) is 2.81. The van der Waals surface area contributed by atoms with E-state index >= 15 is 0 Å². The number of hydrogen-bond acceptors (Lipinski definition) is 4. The molecule has 1 heterocycles. The Morgan fingerprint density at radius 3 is 2.58 bits per heavy atom. The SMILES string of the molecule is CC(C)CCC(C)(C(=O)OC1CCOC1=O)I(C)C. The summed E-state index contributed by atoms with van der Waals surface area (Å²) in [6.07, 6.45) is 1.67. The number of rotatable bonds is 6. The third kappa shape index (κ3) is 4.33. The molecule has 0 radical (unpaired) electrons. The van der Waals surface area contributed by atoms with Crippen LogP contribution in [0.3, 0.4) is 0 Å². The number of esters is 2. The van der Waals surface area contributed by atoms with E-state index in [2.05, 4.69) is 23.7 Å². The van der Waals surface area contributed by atoms with Crippen LogP contribution in [0.1, 0.15) is 40.0 Å². The van der Waals surface area contributed by atoms with Crippen LogP contribution in [0.5, 0.6) is 0 Å². The molecule has 4 nitrogen and oxygen atoms in total. The van der Waals surface area contributed by atoms with Gasteiger partial charge in [0.15, 0.2) is 0 Å². The molecule has 1 aliphatic rings. The van der Waals surface area contributed by atoms with E-state index in [0.717, 1.165) is 12.8 Å². The molecule has 0 aromatic rings. The van der Waals surface area contributed by atoms with Gasteiger partial charge in [-0.3, -0.25) is 0 Å². The molecule has 0 saturated carbocycles.